The van der Waals surface area contributed by atoms with Crippen LogP contribution in [0.25, 0.3) is 11.3 Å². The quantitative estimate of drug-likeness (QED) is 0.155. The average Bonchev–Trinajstić information content (AvgIpc) is 3.34. The van der Waals surface area contributed by atoms with Crippen molar-refractivity contribution >= 4 is 41.1 Å². The summed E-state index contributed by atoms with van der Waals surface area (Å²) in [5.74, 6) is -0.626. The fourth-order valence-electron chi connectivity index (χ4n) is 4.97. The van der Waals surface area contributed by atoms with Crippen molar-refractivity contribution in [3.8, 4) is 11.3 Å². The lowest BCUT2D eigenvalue weighted by molar-refractivity contribution is -0.139. The van der Waals surface area contributed by atoms with Gasteiger partial charge >= 0.3 is 6.09 Å². The van der Waals surface area contributed by atoms with Gasteiger partial charge in [0.1, 0.15) is 6.04 Å². The molecular formula is C32H39ClN4O4S. The number of rotatable bonds is 14. The van der Waals surface area contributed by atoms with Crippen LogP contribution in [-0.4, -0.2) is 45.7 Å². The van der Waals surface area contributed by atoms with Crippen LogP contribution in [-0.2, 0) is 21.4 Å². The van der Waals surface area contributed by atoms with Gasteiger partial charge in [-0.15, -0.1) is 0 Å². The molecule has 4 rings (SSSR count). The summed E-state index contributed by atoms with van der Waals surface area (Å²) in [7, 11) is 1.99. The molecule has 1 fully saturated rings. The summed E-state index contributed by atoms with van der Waals surface area (Å²) in [5.41, 5.74) is 2.78. The van der Waals surface area contributed by atoms with Gasteiger partial charge in [-0.05, 0) is 49.4 Å². The Morgan fingerprint density at radius 1 is 1.10 bits per heavy atom. The molecule has 1 aromatic heterocycles. The minimum Gasteiger partial charge on any atom is -0.449 e. The molecule has 0 radical (unpaired) electrons. The molecule has 0 saturated heterocycles. The third-order valence-electron chi connectivity index (χ3n) is 7.84. The fourth-order valence-corrected chi connectivity index (χ4v) is 6.32. The van der Waals surface area contributed by atoms with Crippen molar-refractivity contribution in [2.45, 2.75) is 69.6 Å². The first-order chi connectivity index (χ1) is 20.2. The van der Waals surface area contributed by atoms with E-state index in [1.54, 1.807) is 11.8 Å². The lowest BCUT2D eigenvalue weighted by Crippen LogP contribution is -2.49. The van der Waals surface area contributed by atoms with Crippen molar-refractivity contribution in [2.24, 2.45) is 12.5 Å². The van der Waals surface area contributed by atoms with Crippen LogP contribution in [0.2, 0.25) is 5.02 Å². The molecule has 0 aliphatic heterocycles. The summed E-state index contributed by atoms with van der Waals surface area (Å²) >= 11 is 7.68. The van der Waals surface area contributed by atoms with E-state index in [1.807, 2.05) is 81.7 Å². The van der Waals surface area contributed by atoms with Crippen molar-refractivity contribution in [2.75, 3.05) is 12.4 Å². The number of ether oxygens (including phenoxy) is 1. The molecule has 42 heavy (non-hydrogen) atoms. The molecule has 1 saturated carbocycles. The summed E-state index contributed by atoms with van der Waals surface area (Å²) in [6.07, 6.45) is 6.03. The Bertz CT molecular complexity index is 1360. The third kappa shape index (κ3) is 8.16. The van der Waals surface area contributed by atoms with Gasteiger partial charge in [0.25, 0.3) is 5.91 Å². The van der Waals surface area contributed by atoms with Gasteiger partial charge in [-0.3, -0.25) is 9.59 Å². The summed E-state index contributed by atoms with van der Waals surface area (Å²) in [5, 5.41) is 7.00. The molecule has 3 aromatic rings. The molecule has 1 aliphatic rings. The topological polar surface area (TPSA) is 102 Å². The maximum Gasteiger partial charge on any atom is 0.407 e. The molecule has 2 amide bonds. The van der Waals surface area contributed by atoms with Crippen LogP contribution < -0.4 is 10.6 Å². The minimum atomic E-state index is -0.939. The summed E-state index contributed by atoms with van der Waals surface area (Å²) in [4.78, 5) is 43.3. The second-order valence-electron chi connectivity index (χ2n) is 11.0. The van der Waals surface area contributed by atoms with Gasteiger partial charge in [0.15, 0.2) is 5.16 Å². The van der Waals surface area contributed by atoms with E-state index in [0.29, 0.717) is 17.9 Å². The number of amides is 2. The molecule has 2 N–H and O–H groups in total. The zero-order valence-electron chi connectivity index (χ0n) is 24.4. The van der Waals surface area contributed by atoms with E-state index in [0.717, 1.165) is 53.4 Å². The molecule has 2 aromatic carbocycles. The second kappa shape index (κ2) is 14.7. The first kappa shape index (κ1) is 31.6. The number of carbonyl (C=O) groups excluding carboxylic acids is 3. The van der Waals surface area contributed by atoms with Gasteiger partial charge in [-0.25, -0.2) is 9.78 Å². The van der Waals surface area contributed by atoms with E-state index in [9.17, 15) is 14.4 Å². The Morgan fingerprint density at radius 2 is 1.81 bits per heavy atom. The van der Waals surface area contributed by atoms with Gasteiger partial charge in [0.05, 0.1) is 24.5 Å². The van der Waals surface area contributed by atoms with Crippen LogP contribution in [0.3, 0.4) is 0 Å². The highest BCUT2D eigenvalue weighted by molar-refractivity contribution is 7.99. The number of ketones is 1. The number of hydrogen-bond donors (Lipinski definition) is 2. The van der Waals surface area contributed by atoms with E-state index >= 15 is 0 Å². The number of benzene rings is 2. The van der Waals surface area contributed by atoms with Crippen molar-refractivity contribution in [1.29, 1.82) is 0 Å². The Balaban J connectivity index is 1.31. The van der Waals surface area contributed by atoms with E-state index in [4.69, 9.17) is 16.3 Å². The van der Waals surface area contributed by atoms with Crippen molar-refractivity contribution in [1.82, 2.24) is 20.2 Å². The van der Waals surface area contributed by atoms with Gasteiger partial charge in [-0.1, -0.05) is 92.0 Å². The van der Waals surface area contributed by atoms with Crippen LogP contribution in [0.1, 0.15) is 64.0 Å². The SMILES string of the molecule is CCCC[C@H](NC(=O)OCC1(CSc2ncc(-c3ccc(Cl)cc3)n2C)CCC1)C(=O)C(=O)N[C@H](C)c1ccccc1. The van der Waals surface area contributed by atoms with E-state index < -0.39 is 23.8 Å². The molecule has 0 spiro atoms. The predicted molar refractivity (Wildman–Crippen MR) is 166 cm³/mol. The zero-order chi connectivity index (χ0) is 30.1. The van der Waals surface area contributed by atoms with Crippen molar-refractivity contribution in [3.05, 3.63) is 71.4 Å². The highest BCUT2D eigenvalue weighted by Gasteiger charge is 2.39. The maximum absolute atomic E-state index is 13.0. The number of unbranched alkanes of at least 4 members (excludes halogenated alkanes) is 1. The van der Waals surface area contributed by atoms with Crippen LogP contribution in [0.4, 0.5) is 4.79 Å². The van der Waals surface area contributed by atoms with Gasteiger partial charge < -0.3 is 19.9 Å². The molecule has 224 valence electrons. The molecular weight excluding hydrogens is 572 g/mol. The highest BCUT2D eigenvalue weighted by atomic mass is 35.5. The van der Waals surface area contributed by atoms with Gasteiger partial charge in [0, 0.05) is 23.2 Å². The first-order valence-corrected chi connectivity index (χ1v) is 15.8. The Hall–Kier alpha value is -3.30. The summed E-state index contributed by atoms with van der Waals surface area (Å²) in [6, 6.07) is 15.8. The minimum absolute atomic E-state index is 0.153. The molecule has 10 heteroatoms. The van der Waals surface area contributed by atoms with Crippen molar-refractivity contribution < 1.29 is 19.1 Å². The Morgan fingerprint density at radius 3 is 2.45 bits per heavy atom. The molecule has 1 aliphatic carbocycles. The van der Waals surface area contributed by atoms with E-state index in [2.05, 4.69) is 20.2 Å². The molecule has 2 atom stereocenters. The third-order valence-corrected chi connectivity index (χ3v) is 9.49. The number of thioether (sulfide) groups is 1. The number of imidazole rings is 1. The number of carbonyl (C=O) groups is 3. The number of Topliss-reactive ketones (excluding diaryl/α,β-unsaturated/α-hetero) is 1. The normalized spacial score (nSPS) is 15.2. The van der Waals surface area contributed by atoms with E-state index in [-0.39, 0.29) is 18.1 Å². The lowest BCUT2D eigenvalue weighted by Gasteiger charge is -2.40. The number of aromatic nitrogens is 2. The van der Waals surface area contributed by atoms with Crippen LogP contribution in [0.15, 0.2) is 66.0 Å². The first-order valence-electron chi connectivity index (χ1n) is 14.4. The largest absolute Gasteiger partial charge is 0.449 e. The maximum atomic E-state index is 13.0. The summed E-state index contributed by atoms with van der Waals surface area (Å²) < 4.78 is 7.71. The smallest absolute Gasteiger partial charge is 0.407 e. The standard InChI is InChI=1S/C32H39ClN4O4S/c1-4-5-12-26(28(38)29(39)35-22(2)23-10-7-6-8-11-23)36-31(40)41-20-32(17-9-18-32)21-42-30-34-19-27(37(30)3)24-13-15-25(33)16-14-24/h6-8,10-11,13-16,19,22,26H,4-5,9,12,17-18,20-21H2,1-3H3,(H,35,39)(H,36,40)/t22-,26+/m1/s1. The number of halogens is 1. The van der Waals surface area contributed by atoms with Crippen LogP contribution >= 0.6 is 23.4 Å². The molecule has 1 heterocycles. The Labute approximate surface area is 257 Å². The summed E-state index contributed by atoms with van der Waals surface area (Å²) in [6.45, 7) is 4.06. The fraction of sp³-hybridized carbons (Fsp3) is 0.438. The number of nitrogens with zero attached hydrogens (tertiary/aromatic N) is 2. The van der Waals surface area contributed by atoms with Crippen LogP contribution in [0, 0.1) is 5.41 Å². The van der Waals surface area contributed by atoms with E-state index in [1.165, 1.54) is 0 Å². The zero-order valence-corrected chi connectivity index (χ0v) is 26.0. The highest BCUT2D eigenvalue weighted by Crippen LogP contribution is 2.45. The number of hydrogen-bond acceptors (Lipinski definition) is 6. The van der Waals surface area contributed by atoms with Gasteiger partial charge in [0.2, 0.25) is 5.78 Å². The number of alkyl carbamates (subject to hydrolysis) is 1. The second-order valence-corrected chi connectivity index (χ2v) is 12.4. The molecule has 0 bridgehead atoms. The van der Waals surface area contributed by atoms with Gasteiger partial charge in [-0.2, -0.15) is 0 Å². The number of nitrogens with one attached hydrogen (secondary N) is 2. The van der Waals surface area contributed by atoms with Crippen LogP contribution in [0.5, 0.6) is 0 Å². The lowest BCUT2D eigenvalue weighted by atomic mass is 9.71. The molecule has 8 nitrogen and oxygen atoms in total. The predicted octanol–water partition coefficient (Wildman–Crippen LogP) is 6.73. The molecule has 0 unspecified atom stereocenters. The Kier molecular flexibility index (Phi) is 11.1. The monoisotopic (exact) mass is 610 g/mol. The average molecular weight is 611 g/mol. The van der Waals surface area contributed by atoms with Crippen molar-refractivity contribution in [3.63, 3.8) is 0 Å².